The Labute approximate surface area is 154 Å². The van der Waals surface area contributed by atoms with Crippen molar-refractivity contribution in [2.45, 2.75) is 0 Å². The fraction of sp³-hybridized carbons (Fsp3) is 0.0526. The second-order valence-corrected chi connectivity index (χ2v) is 5.76. The summed E-state index contributed by atoms with van der Waals surface area (Å²) in [5, 5.41) is 14.6. The number of aromatic nitrogens is 3. The lowest BCUT2D eigenvalue weighted by Crippen LogP contribution is -2.02. The topological polar surface area (TPSA) is 94.6 Å². The Balaban J connectivity index is 1.83. The normalized spacial score (nSPS) is 10.7. The fourth-order valence-corrected chi connectivity index (χ4v) is 2.80. The first-order valence-corrected chi connectivity index (χ1v) is 8.14. The zero-order chi connectivity index (χ0) is 18.8. The van der Waals surface area contributed by atoms with Crippen LogP contribution in [-0.4, -0.2) is 26.4 Å². The lowest BCUT2D eigenvalue weighted by Gasteiger charge is -2.11. The van der Waals surface area contributed by atoms with Crippen LogP contribution in [0, 0.1) is 10.1 Å². The van der Waals surface area contributed by atoms with Crippen molar-refractivity contribution in [3.8, 4) is 17.0 Å². The molecule has 2 aromatic heterocycles. The van der Waals surface area contributed by atoms with Crippen molar-refractivity contribution < 1.29 is 9.66 Å². The zero-order valence-electron chi connectivity index (χ0n) is 14.4. The largest absolute Gasteiger partial charge is 0.490 e. The molecule has 0 aliphatic rings. The number of nitro groups is 1. The molecule has 0 saturated carbocycles. The van der Waals surface area contributed by atoms with Crippen LogP contribution in [0.4, 0.5) is 17.3 Å². The van der Waals surface area contributed by atoms with Crippen molar-refractivity contribution in [2.24, 2.45) is 0 Å². The Hall–Kier alpha value is -3.94. The molecule has 1 N–H and O–H groups in total. The van der Waals surface area contributed by atoms with Crippen molar-refractivity contribution in [2.75, 3.05) is 12.4 Å². The highest BCUT2D eigenvalue weighted by molar-refractivity contribution is 5.71. The number of ether oxygens (including phenoxy) is 1. The maximum Gasteiger partial charge on any atom is 0.311 e. The van der Waals surface area contributed by atoms with Gasteiger partial charge in [-0.1, -0.05) is 18.2 Å². The molecule has 2 heterocycles. The van der Waals surface area contributed by atoms with Crippen LogP contribution < -0.4 is 10.1 Å². The summed E-state index contributed by atoms with van der Waals surface area (Å²) in [6, 6.07) is 16.2. The van der Waals surface area contributed by atoms with Crippen LogP contribution in [0.1, 0.15) is 0 Å². The molecule has 0 fully saturated rings. The number of rotatable bonds is 5. The smallest absolute Gasteiger partial charge is 0.311 e. The van der Waals surface area contributed by atoms with E-state index in [1.54, 1.807) is 30.6 Å². The molecule has 0 aliphatic carbocycles. The van der Waals surface area contributed by atoms with Gasteiger partial charge in [0.25, 0.3) is 0 Å². The van der Waals surface area contributed by atoms with Crippen LogP contribution in [0.25, 0.3) is 16.9 Å². The minimum absolute atomic E-state index is 0.113. The highest BCUT2D eigenvalue weighted by Crippen LogP contribution is 2.32. The number of para-hydroxylation sites is 1. The Morgan fingerprint density at radius 2 is 1.96 bits per heavy atom. The molecule has 8 nitrogen and oxygen atoms in total. The van der Waals surface area contributed by atoms with Crippen LogP contribution in [0.3, 0.4) is 0 Å². The van der Waals surface area contributed by atoms with Gasteiger partial charge in [-0.3, -0.25) is 14.5 Å². The molecular formula is C19H15N5O3. The van der Waals surface area contributed by atoms with Crippen molar-refractivity contribution in [1.29, 1.82) is 0 Å². The minimum atomic E-state index is -0.473. The van der Waals surface area contributed by atoms with Gasteiger partial charge < -0.3 is 10.1 Å². The SMILES string of the molecule is COc1ccc(-c2cc3nccn3c(Nc3ccccc3)n2)cc1[N+](=O)[O-]. The van der Waals surface area contributed by atoms with E-state index in [9.17, 15) is 10.1 Å². The molecule has 0 amide bonds. The summed E-state index contributed by atoms with van der Waals surface area (Å²) in [6.07, 6.45) is 3.47. The van der Waals surface area contributed by atoms with E-state index in [1.807, 2.05) is 34.7 Å². The third-order valence-corrected chi connectivity index (χ3v) is 4.09. The van der Waals surface area contributed by atoms with E-state index in [0.717, 1.165) is 5.69 Å². The zero-order valence-corrected chi connectivity index (χ0v) is 14.4. The first kappa shape index (κ1) is 16.5. The van der Waals surface area contributed by atoms with Crippen LogP contribution in [0.2, 0.25) is 0 Å². The maximum absolute atomic E-state index is 11.3. The number of methoxy groups -OCH3 is 1. The van der Waals surface area contributed by atoms with Crippen LogP contribution in [-0.2, 0) is 0 Å². The molecule has 4 aromatic rings. The van der Waals surface area contributed by atoms with E-state index < -0.39 is 4.92 Å². The Kier molecular flexibility index (Phi) is 4.13. The van der Waals surface area contributed by atoms with Crippen LogP contribution in [0.5, 0.6) is 5.75 Å². The van der Waals surface area contributed by atoms with Crippen LogP contribution in [0.15, 0.2) is 67.0 Å². The second kappa shape index (κ2) is 6.75. The number of benzene rings is 2. The number of anilines is 2. The van der Waals surface area contributed by atoms with Crippen molar-refractivity contribution >= 4 is 23.0 Å². The summed E-state index contributed by atoms with van der Waals surface area (Å²) in [5.74, 6) is 0.762. The van der Waals surface area contributed by atoms with E-state index in [-0.39, 0.29) is 11.4 Å². The number of nitro benzene ring substituents is 1. The van der Waals surface area contributed by atoms with Crippen LogP contribution >= 0.6 is 0 Å². The van der Waals surface area contributed by atoms with Crippen molar-refractivity contribution in [3.05, 3.63) is 77.1 Å². The van der Waals surface area contributed by atoms with Gasteiger partial charge in [-0.25, -0.2) is 9.97 Å². The Morgan fingerprint density at radius 3 is 2.70 bits per heavy atom. The van der Waals surface area contributed by atoms with Gasteiger partial charge in [-0.15, -0.1) is 0 Å². The van der Waals surface area contributed by atoms with Crippen molar-refractivity contribution in [1.82, 2.24) is 14.4 Å². The van der Waals surface area contributed by atoms with Gasteiger partial charge in [-0.2, -0.15) is 0 Å². The van der Waals surface area contributed by atoms with Crippen molar-refractivity contribution in [3.63, 3.8) is 0 Å². The van der Waals surface area contributed by atoms with E-state index >= 15 is 0 Å². The molecule has 0 bridgehead atoms. The molecule has 27 heavy (non-hydrogen) atoms. The summed E-state index contributed by atoms with van der Waals surface area (Å²) >= 11 is 0. The first-order valence-electron chi connectivity index (χ1n) is 8.14. The van der Waals surface area contributed by atoms with E-state index in [2.05, 4.69) is 15.3 Å². The number of fused-ring (bicyclic) bond motifs is 1. The summed E-state index contributed by atoms with van der Waals surface area (Å²) in [4.78, 5) is 19.8. The summed E-state index contributed by atoms with van der Waals surface area (Å²) in [6.45, 7) is 0. The number of hydrogen-bond acceptors (Lipinski definition) is 6. The van der Waals surface area contributed by atoms with E-state index in [4.69, 9.17) is 4.74 Å². The van der Waals surface area contributed by atoms with Gasteiger partial charge in [0.1, 0.15) is 5.65 Å². The summed E-state index contributed by atoms with van der Waals surface area (Å²) in [7, 11) is 1.40. The number of imidazole rings is 1. The lowest BCUT2D eigenvalue weighted by molar-refractivity contribution is -0.385. The average molecular weight is 361 g/mol. The molecule has 0 aliphatic heterocycles. The highest BCUT2D eigenvalue weighted by Gasteiger charge is 2.17. The Morgan fingerprint density at radius 1 is 1.15 bits per heavy atom. The third kappa shape index (κ3) is 3.15. The highest BCUT2D eigenvalue weighted by atomic mass is 16.6. The number of nitrogens with one attached hydrogen (secondary N) is 1. The first-order chi connectivity index (χ1) is 13.2. The molecule has 2 aromatic carbocycles. The van der Waals surface area contributed by atoms with Gasteiger partial charge in [0.15, 0.2) is 5.75 Å². The van der Waals surface area contributed by atoms with Gasteiger partial charge >= 0.3 is 5.69 Å². The summed E-state index contributed by atoms with van der Waals surface area (Å²) in [5.41, 5.74) is 2.61. The number of hydrogen-bond donors (Lipinski definition) is 1. The molecule has 8 heteroatoms. The van der Waals surface area contributed by atoms with E-state index in [0.29, 0.717) is 22.9 Å². The molecular weight excluding hydrogens is 346 g/mol. The molecule has 0 spiro atoms. The maximum atomic E-state index is 11.3. The molecule has 134 valence electrons. The summed E-state index contributed by atoms with van der Waals surface area (Å²) < 4.78 is 6.88. The fourth-order valence-electron chi connectivity index (χ4n) is 2.80. The monoisotopic (exact) mass is 361 g/mol. The number of nitrogens with zero attached hydrogens (tertiary/aromatic N) is 4. The Bertz CT molecular complexity index is 1120. The van der Waals surface area contributed by atoms with Gasteiger partial charge in [0.05, 0.1) is 17.7 Å². The minimum Gasteiger partial charge on any atom is -0.490 e. The van der Waals surface area contributed by atoms with Gasteiger partial charge in [0.2, 0.25) is 5.95 Å². The van der Waals surface area contributed by atoms with Gasteiger partial charge in [0, 0.05) is 35.8 Å². The third-order valence-electron chi connectivity index (χ3n) is 4.09. The standard InChI is InChI=1S/C19H15N5O3/c1-27-17-8-7-13(11-16(17)24(25)26)15-12-18-20-9-10-23(18)19(22-15)21-14-5-3-2-4-6-14/h2-12H,1H3,(H,21,22). The molecule has 0 saturated heterocycles. The lowest BCUT2D eigenvalue weighted by atomic mass is 10.1. The molecule has 0 unspecified atom stereocenters. The quantitative estimate of drug-likeness (QED) is 0.425. The molecule has 0 radical (unpaired) electrons. The molecule has 0 atom stereocenters. The molecule has 4 rings (SSSR count). The predicted octanol–water partition coefficient (Wildman–Crippen LogP) is 4.06. The van der Waals surface area contributed by atoms with E-state index in [1.165, 1.54) is 13.2 Å². The average Bonchev–Trinajstić information content (AvgIpc) is 3.17. The van der Waals surface area contributed by atoms with Gasteiger partial charge in [-0.05, 0) is 24.3 Å². The predicted molar refractivity (Wildman–Crippen MR) is 101 cm³/mol. The second-order valence-electron chi connectivity index (χ2n) is 5.76.